The molecule has 0 radical (unpaired) electrons. The lowest BCUT2D eigenvalue weighted by Crippen LogP contribution is -2.47. The first-order valence-electron chi connectivity index (χ1n) is 7.81. The molecule has 1 amide bonds. The van der Waals surface area contributed by atoms with E-state index in [2.05, 4.69) is 4.98 Å². The summed E-state index contributed by atoms with van der Waals surface area (Å²) >= 11 is 0. The predicted molar refractivity (Wildman–Crippen MR) is 81.5 cm³/mol. The van der Waals surface area contributed by atoms with Gasteiger partial charge in [-0.2, -0.15) is 0 Å². The van der Waals surface area contributed by atoms with Crippen LogP contribution in [0.1, 0.15) is 52.0 Å². The van der Waals surface area contributed by atoms with E-state index in [0.717, 1.165) is 25.8 Å². The second-order valence-electron chi connectivity index (χ2n) is 6.73. The third kappa shape index (κ3) is 3.28. The fourth-order valence-electron chi connectivity index (χ4n) is 2.90. The van der Waals surface area contributed by atoms with Crippen molar-refractivity contribution in [2.24, 2.45) is 18.4 Å². The SMILES string of the molecule is CCC(C)(C)C(=O)N1CCCC(C(O)c2nccn2C)C1. The van der Waals surface area contributed by atoms with E-state index in [-0.39, 0.29) is 17.2 Å². The van der Waals surface area contributed by atoms with Crippen molar-refractivity contribution < 1.29 is 9.90 Å². The van der Waals surface area contributed by atoms with Crippen LogP contribution in [-0.2, 0) is 11.8 Å². The Balaban J connectivity index is 2.07. The topological polar surface area (TPSA) is 58.4 Å². The van der Waals surface area contributed by atoms with Crippen molar-refractivity contribution in [2.75, 3.05) is 13.1 Å². The first-order valence-corrected chi connectivity index (χ1v) is 7.81. The van der Waals surface area contributed by atoms with Gasteiger partial charge in [0.15, 0.2) is 0 Å². The van der Waals surface area contributed by atoms with Crippen LogP contribution in [0.4, 0.5) is 0 Å². The summed E-state index contributed by atoms with van der Waals surface area (Å²) in [6.07, 6.45) is 5.64. The molecule has 0 aliphatic carbocycles. The molecule has 2 rings (SSSR count). The maximum absolute atomic E-state index is 12.6. The van der Waals surface area contributed by atoms with Gasteiger partial charge in [0.25, 0.3) is 0 Å². The molecule has 1 fully saturated rings. The second kappa shape index (κ2) is 6.18. The van der Waals surface area contributed by atoms with Crippen LogP contribution in [0.25, 0.3) is 0 Å². The Kier molecular flexibility index (Phi) is 4.71. The second-order valence-corrected chi connectivity index (χ2v) is 6.73. The van der Waals surface area contributed by atoms with Crippen molar-refractivity contribution in [3.8, 4) is 0 Å². The number of aryl methyl sites for hydroxylation is 1. The van der Waals surface area contributed by atoms with Crippen LogP contribution in [0.3, 0.4) is 0 Å². The zero-order valence-corrected chi connectivity index (χ0v) is 13.5. The maximum atomic E-state index is 12.6. The number of carbonyl (C=O) groups excluding carboxylic acids is 1. The highest BCUT2D eigenvalue weighted by Gasteiger charge is 2.36. The van der Waals surface area contributed by atoms with E-state index in [1.54, 1.807) is 6.20 Å². The van der Waals surface area contributed by atoms with Crippen molar-refractivity contribution in [1.29, 1.82) is 0 Å². The number of carbonyl (C=O) groups is 1. The van der Waals surface area contributed by atoms with E-state index >= 15 is 0 Å². The molecule has 1 aromatic heterocycles. The lowest BCUT2D eigenvalue weighted by atomic mass is 9.85. The minimum atomic E-state index is -0.606. The van der Waals surface area contributed by atoms with Gasteiger partial charge >= 0.3 is 0 Å². The third-order valence-electron chi connectivity index (χ3n) is 4.78. The summed E-state index contributed by atoms with van der Waals surface area (Å²) in [4.78, 5) is 18.8. The van der Waals surface area contributed by atoms with E-state index in [9.17, 15) is 9.90 Å². The van der Waals surface area contributed by atoms with Gasteiger partial charge in [-0.15, -0.1) is 0 Å². The maximum Gasteiger partial charge on any atom is 0.228 e. The highest BCUT2D eigenvalue weighted by atomic mass is 16.3. The van der Waals surface area contributed by atoms with Gasteiger partial charge in [-0.05, 0) is 19.3 Å². The number of amides is 1. The fourth-order valence-corrected chi connectivity index (χ4v) is 2.90. The van der Waals surface area contributed by atoms with E-state index in [0.29, 0.717) is 12.4 Å². The summed E-state index contributed by atoms with van der Waals surface area (Å²) in [7, 11) is 1.89. The van der Waals surface area contributed by atoms with Gasteiger partial charge in [0.1, 0.15) is 11.9 Å². The molecule has 1 N–H and O–H groups in total. The number of nitrogens with zero attached hydrogens (tertiary/aromatic N) is 3. The number of aliphatic hydroxyl groups is 1. The molecular formula is C16H27N3O2. The summed E-state index contributed by atoms with van der Waals surface area (Å²) in [5, 5.41) is 10.6. The summed E-state index contributed by atoms with van der Waals surface area (Å²) in [6.45, 7) is 7.45. The Labute approximate surface area is 127 Å². The lowest BCUT2D eigenvalue weighted by molar-refractivity contribution is -0.143. The van der Waals surface area contributed by atoms with Gasteiger partial charge in [-0.25, -0.2) is 4.98 Å². The Morgan fingerprint density at radius 1 is 1.57 bits per heavy atom. The number of rotatable bonds is 4. The van der Waals surface area contributed by atoms with Crippen molar-refractivity contribution in [3.05, 3.63) is 18.2 Å². The lowest BCUT2D eigenvalue weighted by Gasteiger charge is -2.38. The zero-order chi connectivity index (χ0) is 15.6. The van der Waals surface area contributed by atoms with Gasteiger partial charge < -0.3 is 14.6 Å². The number of piperidine rings is 1. The van der Waals surface area contributed by atoms with Gasteiger partial charge in [0.05, 0.1) is 0 Å². The van der Waals surface area contributed by atoms with Crippen LogP contribution < -0.4 is 0 Å². The molecule has 1 aromatic rings. The van der Waals surface area contributed by atoms with Crippen molar-refractivity contribution in [3.63, 3.8) is 0 Å². The molecule has 0 spiro atoms. The van der Waals surface area contributed by atoms with Crippen molar-refractivity contribution in [2.45, 2.75) is 46.1 Å². The number of likely N-dealkylation sites (tertiary alicyclic amines) is 1. The fraction of sp³-hybridized carbons (Fsp3) is 0.750. The summed E-state index contributed by atoms with van der Waals surface area (Å²) in [5.74, 6) is 0.947. The largest absolute Gasteiger partial charge is 0.385 e. The number of hydrogen-bond acceptors (Lipinski definition) is 3. The Morgan fingerprint density at radius 2 is 2.29 bits per heavy atom. The Bertz CT molecular complexity index is 495. The van der Waals surface area contributed by atoms with Crippen LogP contribution >= 0.6 is 0 Å². The predicted octanol–water partition coefficient (Wildman–Crippen LogP) is 2.13. The molecule has 1 saturated heterocycles. The number of hydrogen-bond donors (Lipinski definition) is 1. The summed E-state index contributed by atoms with van der Waals surface area (Å²) in [6, 6.07) is 0. The van der Waals surface area contributed by atoms with Crippen molar-refractivity contribution in [1.82, 2.24) is 14.5 Å². The van der Waals surface area contributed by atoms with Crippen LogP contribution in [0.2, 0.25) is 0 Å². The van der Waals surface area contributed by atoms with Gasteiger partial charge in [-0.3, -0.25) is 4.79 Å². The number of imidazole rings is 1. The molecule has 21 heavy (non-hydrogen) atoms. The average Bonchev–Trinajstić information content (AvgIpc) is 2.92. The molecule has 5 heteroatoms. The molecule has 0 bridgehead atoms. The summed E-state index contributed by atoms with van der Waals surface area (Å²) < 4.78 is 1.85. The third-order valence-corrected chi connectivity index (χ3v) is 4.78. The molecule has 2 atom stereocenters. The van der Waals surface area contributed by atoms with E-state index < -0.39 is 6.10 Å². The van der Waals surface area contributed by atoms with Crippen LogP contribution in [0, 0.1) is 11.3 Å². The molecule has 1 aliphatic heterocycles. The van der Waals surface area contributed by atoms with Crippen LogP contribution in [-0.4, -0.2) is 38.6 Å². The molecule has 118 valence electrons. The van der Waals surface area contributed by atoms with E-state index in [1.807, 2.05) is 43.5 Å². The highest BCUT2D eigenvalue weighted by molar-refractivity contribution is 5.82. The molecule has 0 saturated carbocycles. The van der Waals surface area contributed by atoms with E-state index in [4.69, 9.17) is 0 Å². The smallest absolute Gasteiger partial charge is 0.228 e. The van der Waals surface area contributed by atoms with Crippen LogP contribution in [0.5, 0.6) is 0 Å². The highest BCUT2D eigenvalue weighted by Crippen LogP contribution is 2.31. The quantitative estimate of drug-likeness (QED) is 0.925. The standard InChI is InChI=1S/C16H27N3O2/c1-5-16(2,3)15(21)19-9-6-7-12(11-19)13(20)14-17-8-10-18(14)4/h8,10,12-13,20H,5-7,9,11H2,1-4H3. The molecule has 0 aromatic carbocycles. The summed E-state index contributed by atoms with van der Waals surface area (Å²) in [5.41, 5.74) is -0.323. The van der Waals surface area contributed by atoms with Crippen molar-refractivity contribution >= 4 is 5.91 Å². The molecule has 5 nitrogen and oxygen atoms in total. The van der Waals surface area contributed by atoms with Gasteiger partial charge in [-0.1, -0.05) is 20.8 Å². The monoisotopic (exact) mass is 293 g/mol. The molecule has 1 aliphatic rings. The number of aromatic nitrogens is 2. The zero-order valence-electron chi connectivity index (χ0n) is 13.5. The Morgan fingerprint density at radius 3 is 2.86 bits per heavy atom. The Hall–Kier alpha value is -1.36. The minimum Gasteiger partial charge on any atom is -0.385 e. The van der Waals surface area contributed by atoms with E-state index in [1.165, 1.54) is 0 Å². The molecule has 2 unspecified atom stereocenters. The average molecular weight is 293 g/mol. The minimum absolute atomic E-state index is 0.0662. The normalized spacial score (nSPS) is 21.4. The van der Waals surface area contributed by atoms with Crippen LogP contribution in [0.15, 0.2) is 12.4 Å². The first-order chi connectivity index (χ1) is 9.86. The van der Waals surface area contributed by atoms with Gasteiger partial charge in [0.2, 0.25) is 5.91 Å². The molecular weight excluding hydrogens is 266 g/mol. The first kappa shape index (κ1) is 16.0. The number of aliphatic hydroxyl groups excluding tert-OH is 1. The molecule has 2 heterocycles. The van der Waals surface area contributed by atoms with Gasteiger partial charge in [0, 0.05) is 43.9 Å².